The molecule has 3 heterocycles. The van der Waals surface area contributed by atoms with E-state index in [0.29, 0.717) is 16.3 Å². The van der Waals surface area contributed by atoms with E-state index in [2.05, 4.69) is 9.97 Å². The van der Waals surface area contributed by atoms with Crippen molar-refractivity contribution in [3.05, 3.63) is 100.0 Å². The average molecular weight is 488 g/mol. The van der Waals surface area contributed by atoms with Crippen LogP contribution in [-0.2, 0) is 16.1 Å². The highest BCUT2D eigenvalue weighted by atomic mass is 35.5. The second-order valence-electron chi connectivity index (χ2n) is 8.37. The molecule has 0 aliphatic carbocycles. The highest BCUT2D eigenvalue weighted by Gasteiger charge is 2.47. The number of aliphatic hydroxyl groups excluding tert-OH is 1. The zero-order valence-corrected chi connectivity index (χ0v) is 19.8. The first-order valence-corrected chi connectivity index (χ1v) is 11.4. The molecule has 1 saturated heterocycles. The molecular formula is C27H22ClN3O4. The number of methoxy groups -OCH3 is 1. The highest BCUT2D eigenvalue weighted by Crippen LogP contribution is 2.44. The van der Waals surface area contributed by atoms with Gasteiger partial charge in [0.25, 0.3) is 11.7 Å². The Kier molecular flexibility index (Phi) is 5.78. The number of H-pyrrole nitrogens is 1. The van der Waals surface area contributed by atoms with Gasteiger partial charge in [0.05, 0.1) is 41.5 Å². The van der Waals surface area contributed by atoms with Gasteiger partial charge in [-0.25, -0.2) is 0 Å². The number of aromatic nitrogens is 2. The quantitative estimate of drug-likeness (QED) is 0.230. The third-order valence-electron chi connectivity index (χ3n) is 6.16. The number of pyridine rings is 1. The van der Waals surface area contributed by atoms with E-state index in [4.69, 9.17) is 16.3 Å². The molecule has 2 aromatic carbocycles. The van der Waals surface area contributed by atoms with Crippen LogP contribution < -0.4 is 4.74 Å². The molecule has 1 fully saturated rings. The number of carbonyl (C=O) groups is 2. The molecule has 8 heteroatoms. The molecule has 0 saturated carbocycles. The normalized spacial score (nSPS) is 17.3. The molecule has 0 radical (unpaired) electrons. The summed E-state index contributed by atoms with van der Waals surface area (Å²) in [4.78, 5) is 35.7. The molecule has 1 amide bonds. The van der Waals surface area contributed by atoms with Crippen LogP contribution in [0.5, 0.6) is 5.75 Å². The molecule has 1 atom stereocenters. The number of nitrogens with zero attached hydrogens (tertiary/aromatic N) is 2. The van der Waals surface area contributed by atoms with Crippen LogP contribution in [0.25, 0.3) is 16.7 Å². The average Bonchev–Trinajstić information content (AvgIpc) is 3.38. The van der Waals surface area contributed by atoms with Crippen LogP contribution in [0.1, 0.15) is 28.4 Å². The van der Waals surface area contributed by atoms with Crippen molar-refractivity contribution in [3.8, 4) is 5.75 Å². The van der Waals surface area contributed by atoms with Gasteiger partial charge in [0.2, 0.25) is 0 Å². The zero-order chi connectivity index (χ0) is 24.7. The van der Waals surface area contributed by atoms with Gasteiger partial charge in [-0.2, -0.15) is 0 Å². The van der Waals surface area contributed by atoms with E-state index in [-0.39, 0.29) is 29.2 Å². The highest BCUT2D eigenvalue weighted by molar-refractivity contribution is 6.46. The number of benzene rings is 2. The number of aromatic amines is 1. The number of ketones is 1. The summed E-state index contributed by atoms with van der Waals surface area (Å²) < 4.78 is 5.44. The van der Waals surface area contributed by atoms with Gasteiger partial charge in [-0.05, 0) is 42.8 Å². The SMILES string of the molecule is COc1c(Cl)cc(C)cc1/C(O)=C1\C(=O)C(=O)N(Cc2ccccn2)C1c1c[nH]c2ccccc12. The van der Waals surface area contributed by atoms with E-state index in [1.165, 1.54) is 12.0 Å². The van der Waals surface area contributed by atoms with Crippen molar-refractivity contribution in [1.29, 1.82) is 0 Å². The van der Waals surface area contributed by atoms with E-state index in [9.17, 15) is 14.7 Å². The Morgan fingerprint density at radius 1 is 1.17 bits per heavy atom. The molecule has 4 aromatic rings. The van der Waals surface area contributed by atoms with Gasteiger partial charge in [0, 0.05) is 28.9 Å². The number of amides is 1. The van der Waals surface area contributed by atoms with Gasteiger partial charge in [0.15, 0.2) is 0 Å². The van der Waals surface area contributed by atoms with Crippen molar-refractivity contribution < 1.29 is 19.4 Å². The predicted molar refractivity (Wildman–Crippen MR) is 133 cm³/mol. The number of likely N-dealkylation sites (tertiary alicyclic amines) is 1. The number of hydrogen-bond acceptors (Lipinski definition) is 5. The van der Waals surface area contributed by atoms with Crippen LogP contribution in [-0.4, -0.2) is 38.8 Å². The van der Waals surface area contributed by atoms with Crippen molar-refractivity contribution in [2.24, 2.45) is 0 Å². The number of ether oxygens (including phenoxy) is 1. The molecule has 1 aliphatic heterocycles. The number of fused-ring (bicyclic) bond motifs is 1. The molecular weight excluding hydrogens is 466 g/mol. The molecule has 1 aliphatic rings. The minimum atomic E-state index is -0.850. The third kappa shape index (κ3) is 3.84. The van der Waals surface area contributed by atoms with Gasteiger partial charge < -0.3 is 19.7 Å². The minimum absolute atomic E-state index is 0.0318. The summed E-state index contributed by atoms with van der Waals surface area (Å²) in [5.41, 5.74) is 3.14. The molecule has 0 bridgehead atoms. The van der Waals surface area contributed by atoms with Crippen LogP contribution >= 0.6 is 11.6 Å². The van der Waals surface area contributed by atoms with Gasteiger partial charge in [-0.1, -0.05) is 35.9 Å². The molecule has 7 nitrogen and oxygen atoms in total. The smallest absolute Gasteiger partial charge is 0.296 e. The van der Waals surface area contributed by atoms with Crippen LogP contribution in [0.3, 0.4) is 0 Å². The number of hydrogen-bond donors (Lipinski definition) is 2. The lowest BCUT2D eigenvalue weighted by Crippen LogP contribution is -2.29. The van der Waals surface area contributed by atoms with Gasteiger partial charge in [-0.15, -0.1) is 0 Å². The largest absolute Gasteiger partial charge is 0.507 e. The summed E-state index contributed by atoms with van der Waals surface area (Å²) in [6, 6.07) is 15.5. The Morgan fingerprint density at radius 3 is 2.69 bits per heavy atom. The van der Waals surface area contributed by atoms with Crippen molar-refractivity contribution in [1.82, 2.24) is 14.9 Å². The van der Waals surface area contributed by atoms with E-state index < -0.39 is 17.7 Å². The second kappa shape index (κ2) is 8.92. The van der Waals surface area contributed by atoms with E-state index in [1.807, 2.05) is 37.3 Å². The van der Waals surface area contributed by atoms with E-state index >= 15 is 0 Å². The summed E-state index contributed by atoms with van der Waals surface area (Å²) in [5.74, 6) is -1.62. The maximum atomic E-state index is 13.4. The molecule has 35 heavy (non-hydrogen) atoms. The molecule has 176 valence electrons. The Morgan fingerprint density at radius 2 is 1.94 bits per heavy atom. The number of aryl methyl sites for hydroxylation is 1. The molecule has 2 N–H and O–H groups in total. The maximum absolute atomic E-state index is 13.4. The molecule has 1 unspecified atom stereocenters. The number of aliphatic hydroxyl groups is 1. The fraction of sp³-hybridized carbons (Fsp3) is 0.148. The molecule has 5 rings (SSSR count). The zero-order valence-electron chi connectivity index (χ0n) is 19.1. The maximum Gasteiger partial charge on any atom is 0.296 e. The van der Waals surface area contributed by atoms with E-state index in [0.717, 1.165) is 16.5 Å². The Bertz CT molecular complexity index is 1490. The fourth-order valence-electron chi connectivity index (χ4n) is 4.61. The Labute approximate surface area is 206 Å². The summed E-state index contributed by atoms with van der Waals surface area (Å²) in [5, 5.41) is 12.6. The lowest BCUT2D eigenvalue weighted by atomic mass is 9.94. The monoisotopic (exact) mass is 487 g/mol. The number of carbonyl (C=O) groups excluding carboxylic acids is 2. The summed E-state index contributed by atoms with van der Waals surface area (Å²) in [6.45, 7) is 1.91. The number of para-hydroxylation sites is 1. The molecule has 0 spiro atoms. The summed E-state index contributed by atoms with van der Waals surface area (Å²) in [6.07, 6.45) is 3.40. The van der Waals surface area contributed by atoms with Crippen molar-refractivity contribution in [2.75, 3.05) is 7.11 Å². The number of halogens is 1. The van der Waals surface area contributed by atoms with Gasteiger partial charge in [-0.3, -0.25) is 14.6 Å². The summed E-state index contributed by atoms with van der Waals surface area (Å²) in [7, 11) is 1.43. The van der Waals surface area contributed by atoms with Crippen LogP contribution in [0, 0.1) is 6.92 Å². The van der Waals surface area contributed by atoms with Crippen molar-refractivity contribution in [2.45, 2.75) is 19.5 Å². The van der Waals surface area contributed by atoms with Crippen molar-refractivity contribution >= 4 is 40.0 Å². The lowest BCUT2D eigenvalue weighted by molar-refractivity contribution is -0.140. The second-order valence-corrected chi connectivity index (χ2v) is 8.77. The van der Waals surface area contributed by atoms with E-state index in [1.54, 1.807) is 36.7 Å². The Balaban J connectivity index is 1.76. The van der Waals surface area contributed by atoms with Gasteiger partial charge >= 0.3 is 0 Å². The first-order chi connectivity index (χ1) is 16.9. The van der Waals surface area contributed by atoms with Crippen LogP contribution in [0.4, 0.5) is 0 Å². The van der Waals surface area contributed by atoms with Gasteiger partial charge in [0.1, 0.15) is 11.5 Å². The first-order valence-electron chi connectivity index (χ1n) is 11.0. The standard InChI is InChI=1S/C27H22ClN3O4/c1-15-11-18(26(35-2)20(28)12-15)24(32)22-23(19-13-30-21-9-4-3-8-17(19)21)31(27(34)25(22)33)14-16-7-5-6-10-29-16/h3-13,23,30,32H,14H2,1-2H3/b24-22+. The number of rotatable bonds is 5. The number of Topliss-reactive ketones (excluding diaryl/α,β-unsaturated/α-hetero) is 1. The van der Waals surface area contributed by atoms with Crippen LogP contribution in [0.2, 0.25) is 5.02 Å². The van der Waals surface area contributed by atoms with Crippen molar-refractivity contribution in [3.63, 3.8) is 0 Å². The first kappa shape index (κ1) is 22.7. The lowest BCUT2D eigenvalue weighted by Gasteiger charge is -2.25. The Hall–Kier alpha value is -4.10. The van der Waals surface area contributed by atoms with Crippen LogP contribution in [0.15, 0.2) is 72.6 Å². The minimum Gasteiger partial charge on any atom is -0.507 e. The topological polar surface area (TPSA) is 95.5 Å². The predicted octanol–water partition coefficient (Wildman–Crippen LogP) is 5.16. The third-order valence-corrected chi connectivity index (χ3v) is 6.44. The fourth-order valence-corrected chi connectivity index (χ4v) is 4.96. The number of nitrogens with one attached hydrogen (secondary N) is 1. The summed E-state index contributed by atoms with van der Waals surface area (Å²) >= 11 is 6.37. The molecule has 2 aromatic heterocycles.